The van der Waals surface area contributed by atoms with E-state index in [1.807, 2.05) is 18.7 Å². The van der Waals surface area contributed by atoms with E-state index in [1.54, 1.807) is 19.0 Å². The van der Waals surface area contributed by atoms with Gasteiger partial charge in [-0.15, -0.1) is 0 Å². The Morgan fingerprint density at radius 3 is 2.57 bits per heavy atom. The van der Waals surface area contributed by atoms with Crippen LogP contribution in [0.1, 0.15) is 29.5 Å². The molecule has 1 fully saturated rings. The van der Waals surface area contributed by atoms with Crippen LogP contribution in [0.3, 0.4) is 0 Å². The molecular weight excluding hydrogens is 292 g/mol. The van der Waals surface area contributed by atoms with Crippen LogP contribution in [-0.4, -0.2) is 53.5 Å². The van der Waals surface area contributed by atoms with Crippen LogP contribution in [-0.2, 0) is 16.1 Å². The zero-order chi connectivity index (χ0) is 17.1. The summed E-state index contributed by atoms with van der Waals surface area (Å²) >= 11 is 0. The Kier molecular flexibility index (Phi) is 5.42. The molecule has 5 nitrogen and oxygen atoms in total. The fourth-order valence-electron chi connectivity index (χ4n) is 3.25. The number of aryl methyl sites for hydroxylation is 2. The highest BCUT2D eigenvalue weighted by molar-refractivity contribution is 5.79. The zero-order valence-corrected chi connectivity index (χ0v) is 14.4. The topological polar surface area (TPSA) is 60.9 Å². The first-order chi connectivity index (χ1) is 10.8. The number of carbonyl (C=O) groups excluding carboxylic acids is 1. The van der Waals surface area contributed by atoms with E-state index in [-0.39, 0.29) is 11.8 Å². The van der Waals surface area contributed by atoms with Crippen molar-refractivity contribution in [1.29, 1.82) is 0 Å². The monoisotopic (exact) mass is 318 g/mol. The van der Waals surface area contributed by atoms with Gasteiger partial charge in [0.05, 0.1) is 5.92 Å². The molecule has 0 saturated carbocycles. The van der Waals surface area contributed by atoms with Crippen molar-refractivity contribution in [3.05, 3.63) is 34.9 Å². The molecular formula is C18H26N2O3. The largest absolute Gasteiger partial charge is 0.480 e. The first-order valence-electron chi connectivity index (χ1n) is 8.03. The SMILES string of the molecule is Cc1ccc(C)c(CN2CC(C(=O)N(C)C)CCC2C(=O)O)c1. The van der Waals surface area contributed by atoms with E-state index < -0.39 is 12.0 Å². The van der Waals surface area contributed by atoms with Gasteiger partial charge >= 0.3 is 5.97 Å². The number of rotatable bonds is 4. The number of carboxylic acids is 1. The van der Waals surface area contributed by atoms with Crippen molar-refractivity contribution >= 4 is 11.9 Å². The molecule has 2 rings (SSSR count). The summed E-state index contributed by atoms with van der Waals surface area (Å²) in [7, 11) is 3.50. The van der Waals surface area contributed by atoms with Gasteiger partial charge in [0, 0.05) is 27.2 Å². The Morgan fingerprint density at radius 1 is 1.26 bits per heavy atom. The molecule has 0 aliphatic carbocycles. The molecule has 0 spiro atoms. The number of amides is 1. The van der Waals surface area contributed by atoms with Crippen LogP contribution in [0.15, 0.2) is 18.2 Å². The van der Waals surface area contributed by atoms with Crippen LogP contribution in [0, 0.1) is 19.8 Å². The van der Waals surface area contributed by atoms with Gasteiger partial charge in [-0.2, -0.15) is 0 Å². The number of nitrogens with zero attached hydrogens (tertiary/aromatic N) is 2. The first kappa shape index (κ1) is 17.5. The molecule has 1 saturated heterocycles. The minimum atomic E-state index is -0.800. The van der Waals surface area contributed by atoms with Gasteiger partial charge in [-0.3, -0.25) is 14.5 Å². The van der Waals surface area contributed by atoms with E-state index in [2.05, 4.69) is 18.2 Å². The fourth-order valence-corrected chi connectivity index (χ4v) is 3.25. The van der Waals surface area contributed by atoms with Crippen molar-refractivity contribution in [2.75, 3.05) is 20.6 Å². The average molecular weight is 318 g/mol. The van der Waals surface area contributed by atoms with E-state index in [4.69, 9.17) is 0 Å². The Balaban J connectivity index is 2.21. The molecule has 1 aliphatic heterocycles. The van der Waals surface area contributed by atoms with Gasteiger partial charge in [0.2, 0.25) is 5.91 Å². The third-order valence-electron chi connectivity index (χ3n) is 4.64. The van der Waals surface area contributed by atoms with Gasteiger partial charge in [0.15, 0.2) is 0 Å². The molecule has 1 aliphatic rings. The first-order valence-corrected chi connectivity index (χ1v) is 8.03. The van der Waals surface area contributed by atoms with Crippen molar-refractivity contribution < 1.29 is 14.7 Å². The van der Waals surface area contributed by atoms with Crippen molar-refractivity contribution in [1.82, 2.24) is 9.80 Å². The van der Waals surface area contributed by atoms with Crippen LogP contribution in [0.4, 0.5) is 0 Å². The molecule has 5 heteroatoms. The highest BCUT2D eigenvalue weighted by Gasteiger charge is 2.36. The zero-order valence-electron chi connectivity index (χ0n) is 14.4. The third kappa shape index (κ3) is 4.10. The predicted octanol–water partition coefficient (Wildman–Crippen LogP) is 2.06. The van der Waals surface area contributed by atoms with Crippen molar-refractivity contribution in [2.24, 2.45) is 5.92 Å². The predicted molar refractivity (Wildman–Crippen MR) is 89.2 cm³/mol. The fraction of sp³-hybridized carbons (Fsp3) is 0.556. The average Bonchev–Trinajstić information content (AvgIpc) is 2.49. The summed E-state index contributed by atoms with van der Waals surface area (Å²) in [6.07, 6.45) is 1.15. The Bertz CT molecular complexity index is 598. The summed E-state index contributed by atoms with van der Waals surface area (Å²) in [6.45, 7) is 5.15. The molecule has 0 bridgehead atoms. The summed E-state index contributed by atoms with van der Waals surface area (Å²) in [5.41, 5.74) is 3.45. The second kappa shape index (κ2) is 7.13. The molecule has 1 aromatic carbocycles. The minimum absolute atomic E-state index is 0.0832. The summed E-state index contributed by atoms with van der Waals surface area (Å²) < 4.78 is 0. The Hall–Kier alpha value is -1.88. The number of hydrogen-bond acceptors (Lipinski definition) is 3. The van der Waals surface area contributed by atoms with E-state index in [0.717, 1.165) is 16.7 Å². The van der Waals surface area contributed by atoms with Crippen molar-refractivity contribution in [2.45, 2.75) is 39.3 Å². The van der Waals surface area contributed by atoms with E-state index in [9.17, 15) is 14.7 Å². The maximum Gasteiger partial charge on any atom is 0.320 e. The second-order valence-corrected chi connectivity index (χ2v) is 6.72. The van der Waals surface area contributed by atoms with Crippen LogP contribution in [0.25, 0.3) is 0 Å². The number of aliphatic carboxylic acids is 1. The number of benzene rings is 1. The van der Waals surface area contributed by atoms with Gasteiger partial charge in [-0.1, -0.05) is 23.8 Å². The summed E-state index contributed by atoms with van der Waals surface area (Å²) in [4.78, 5) is 27.4. The summed E-state index contributed by atoms with van der Waals surface area (Å²) in [6, 6.07) is 5.71. The van der Waals surface area contributed by atoms with Crippen LogP contribution in [0.5, 0.6) is 0 Å². The number of piperidine rings is 1. The number of carboxylic acid groups (broad SMARTS) is 1. The molecule has 0 aromatic heterocycles. The quantitative estimate of drug-likeness (QED) is 0.923. The molecule has 126 valence electrons. The van der Waals surface area contributed by atoms with Gasteiger partial charge in [-0.05, 0) is 37.8 Å². The van der Waals surface area contributed by atoms with Crippen molar-refractivity contribution in [3.8, 4) is 0 Å². The molecule has 2 unspecified atom stereocenters. The second-order valence-electron chi connectivity index (χ2n) is 6.72. The lowest BCUT2D eigenvalue weighted by Gasteiger charge is -2.38. The van der Waals surface area contributed by atoms with Crippen LogP contribution < -0.4 is 0 Å². The molecule has 1 N–H and O–H groups in total. The lowest BCUT2D eigenvalue weighted by Crippen LogP contribution is -2.50. The number of hydrogen-bond donors (Lipinski definition) is 1. The van der Waals surface area contributed by atoms with Gasteiger partial charge in [0.1, 0.15) is 6.04 Å². The Morgan fingerprint density at radius 2 is 1.96 bits per heavy atom. The van der Waals surface area contributed by atoms with Crippen LogP contribution in [0.2, 0.25) is 0 Å². The highest BCUT2D eigenvalue weighted by atomic mass is 16.4. The summed E-state index contributed by atoms with van der Waals surface area (Å²) in [5, 5.41) is 9.51. The van der Waals surface area contributed by atoms with Gasteiger partial charge in [-0.25, -0.2) is 0 Å². The number of carbonyl (C=O) groups is 2. The third-order valence-corrected chi connectivity index (χ3v) is 4.64. The lowest BCUT2D eigenvalue weighted by atomic mass is 9.90. The molecule has 23 heavy (non-hydrogen) atoms. The van der Waals surface area contributed by atoms with E-state index in [0.29, 0.717) is 25.9 Å². The molecule has 2 atom stereocenters. The number of likely N-dealkylation sites (tertiary alicyclic amines) is 1. The highest BCUT2D eigenvalue weighted by Crippen LogP contribution is 2.26. The van der Waals surface area contributed by atoms with Gasteiger partial charge < -0.3 is 10.0 Å². The maximum absolute atomic E-state index is 12.2. The van der Waals surface area contributed by atoms with Crippen LogP contribution >= 0.6 is 0 Å². The molecule has 1 aromatic rings. The minimum Gasteiger partial charge on any atom is -0.480 e. The van der Waals surface area contributed by atoms with E-state index >= 15 is 0 Å². The maximum atomic E-state index is 12.2. The van der Waals surface area contributed by atoms with Crippen molar-refractivity contribution in [3.63, 3.8) is 0 Å². The normalized spacial score (nSPS) is 21.9. The standard InChI is InChI=1S/C18H26N2O3/c1-12-5-6-13(2)15(9-12)11-20-10-14(17(21)19(3)4)7-8-16(20)18(22)23/h5-6,9,14,16H,7-8,10-11H2,1-4H3,(H,22,23). The van der Waals surface area contributed by atoms with E-state index in [1.165, 1.54) is 0 Å². The smallest absolute Gasteiger partial charge is 0.320 e. The molecule has 1 amide bonds. The lowest BCUT2D eigenvalue weighted by molar-refractivity contribution is -0.148. The summed E-state index contributed by atoms with van der Waals surface area (Å²) in [5.74, 6) is -0.837. The molecule has 0 radical (unpaired) electrons. The molecule has 1 heterocycles. The van der Waals surface area contributed by atoms with Gasteiger partial charge in [0.25, 0.3) is 0 Å². The Labute approximate surface area is 137 Å².